The Labute approximate surface area is 119 Å². The van der Waals surface area contributed by atoms with E-state index in [-0.39, 0.29) is 12.4 Å². The molecule has 0 radical (unpaired) electrons. The summed E-state index contributed by atoms with van der Waals surface area (Å²) in [6, 6.07) is 4.63. The minimum atomic E-state index is 0. The molecule has 1 fully saturated rings. The summed E-state index contributed by atoms with van der Waals surface area (Å²) in [5.41, 5.74) is 0. The summed E-state index contributed by atoms with van der Waals surface area (Å²) in [5, 5.41) is 5.33. The monoisotopic (exact) mass is 288 g/mol. The molecule has 0 spiro atoms. The molecule has 5 heteroatoms. The second kappa shape index (κ2) is 7.77. The van der Waals surface area contributed by atoms with Crippen molar-refractivity contribution in [2.24, 2.45) is 0 Å². The molecule has 1 atom stereocenters. The van der Waals surface area contributed by atoms with Crippen LogP contribution in [0, 0.1) is 0 Å². The van der Waals surface area contributed by atoms with Crippen LogP contribution in [0.15, 0.2) is 17.5 Å². The summed E-state index contributed by atoms with van der Waals surface area (Å²) < 4.78 is 0. The SMILES string of the molecule is CNC1CCCN(C(=O)CCc2cccs2)C1.Cl. The normalized spacial score (nSPS) is 19.4. The molecule has 1 unspecified atom stereocenters. The van der Waals surface area contributed by atoms with Gasteiger partial charge in [-0.05, 0) is 37.8 Å². The summed E-state index contributed by atoms with van der Waals surface area (Å²) >= 11 is 1.73. The van der Waals surface area contributed by atoms with E-state index in [2.05, 4.69) is 16.8 Å². The Morgan fingerprint density at radius 1 is 1.61 bits per heavy atom. The molecular formula is C13H21ClN2OS. The van der Waals surface area contributed by atoms with Gasteiger partial charge in [-0.1, -0.05) is 6.07 Å². The molecule has 0 bridgehead atoms. The minimum Gasteiger partial charge on any atom is -0.341 e. The average molecular weight is 289 g/mol. The van der Waals surface area contributed by atoms with Gasteiger partial charge < -0.3 is 10.2 Å². The molecule has 18 heavy (non-hydrogen) atoms. The molecular weight excluding hydrogens is 268 g/mol. The number of nitrogens with one attached hydrogen (secondary N) is 1. The topological polar surface area (TPSA) is 32.3 Å². The molecule has 102 valence electrons. The first kappa shape index (κ1) is 15.5. The van der Waals surface area contributed by atoms with Crippen molar-refractivity contribution in [2.75, 3.05) is 20.1 Å². The average Bonchev–Trinajstić information content (AvgIpc) is 2.89. The van der Waals surface area contributed by atoms with Crippen molar-refractivity contribution in [3.63, 3.8) is 0 Å². The van der Waals surface area contributed by atoms with E-state index in [1.807, 2.05) is 18.0 Å². The number of hydrogen-bond donors (Lipinski definition) is 1. The zero-order valence-corrected chi connectivity index (χ0v) is 12.4. The Morgan fingerprint density at radius 2 is 2.44 bits per heavy atom. The lowest BCUT2D eigenvalue weighted by Crippen LogP contribution is -2.47. The zero-order chi connectivity index (χ0) is 12.1. The van der Waals surface area contributed by atoms with Crippen LogP contribution in [0.2, 0.25) is 0 Å². The Morgan fingerprint density at radius 3 is 3.11 bits per heavy atom. The highest BCUT2D eigenvalue weighted by molar-refractivity contribution is 7.09. The van der Waals surface area contributed by atoms with Crippen molar-refractivity contribution in [1.29, 1.82) is 0 Å². The molecule has 1 aliphatic heterocycles. The van der Waals surface area contributed by atoms with E-state index in [1.54, 1.807) is 11.3 Å². The standard InChI is InChI=1S/C13H20N2OS.ClH/c1-14-11-4-2-8-15(10-11)13(16)7-6-12-5-3-9-17-12;/h3,5,9,11,14H,2,4,6-8,10H2,1H3;1H. The van der Waals surface area contributed by atoms with E-state index in [0.717, 1.165) is 25.9 Å². The Bertz CT molecular complexity index is 356. The van der Waals surface area contributed by atoms with Gasteiger partial charge in [0.1, 0.15) is 0 Å². The molecule has 1 aromatic rings. The van der Waals surface area contributed by atoms with Gasteiger partial charge in [0, 0.05) is 30.4 Å². The van der Waals surface area contributed by atoms with Crippen molar-refractivity contribution in [1.82, 2.24) is 10.2 Å². The van der Waals surface area contributed by atoms with Crippen LogP contribution < -0.4 is 5.32 Å². The van der Waals surface area contributed by atoms with Gasteiger partial charge in [0.05, 0.1) is 0 Å². The highest BCUT2D eigenvalue weighted by Gasteiger charge is 2.22. The Kier molecular flexibility index (Phi) is 6.68. The summed E-state index contributed by atoms with van der Waals surface area (Å²) in [5.74, 6) is 0.304. The summed E-state index contributed by atoms with van der Waals surface area (Å²) in [6.07, 6.45) is 3.84. The van der Waals surface area contributed by atoms with Crippen LogP contribution in [0.3, 0.4) is 0 Å². The highest BCUT2D eigenvalue weighted by atomic mass is 35.5. The Balaban J connectivity index is 0.00000162. The molecule has 1 saturated heterocycles. The lowest BCUT2D eigenvalue weighted by molar-refractivity contribution is -0.132. The van der Waals surface area contributed by atoms with Gasteiger partial charge in [0.15, 0.2) is 0 Å². The molecule has 2 heterocycles. The van der Waals surface area contributed by atoms with E-state index < -0.39 is 0 Å². The maximum absolute atomic E-state index is 12.1. The summed E-state index contributed by atoms with van der Waals surface area (Å²) in [4.78, 5) is 15.4. The molecule has 2 rings (SSSR count). The van der Waals surface area contributed by atoms with Gasteiger partial charge in [0.2, 0.25) is 5.91 Å². The van der Waals surface area contributed by atoms with E-state index >= 15 is 0 Å². The number of carbonyl (C=O) groups excluding carboxylic acids is 1. The molecule has 1 aromatic heterocycles. The largest absolute Gasteiger partial charge is 0.341 e. The first-order valence-electron chi connectivity index (χ1n) is 6.27. The molecule has 1 amide bonds. The number of carbonyl (C=O) groups is 1. The van der Waals surface area contributed by atoms with Crippen LogP contribution in [0.5, 0.6) is 0 Å². The van der Waals surface area contributed by atoms with Crippen molar-refractivity contribution < 1.29 is 4.79 Å². The fraction of sp³-hybridized carbons (Fsp3) is 0.615. The molecule has 1 aliphatic rings. The lowest BCUT2D eigenvalue weighted by atomic mass is 10.1. The van der Waals surface area contributed by atoms with Crippen LogP contribution in [0.1, 0.15) is 24.1 Å². The van der Waals surface area contributed by atoms with Crippen LogP contribution in [-0.4, -0.2) is 37.0 Å². The van der Waals surface area contributed by atoms with Crippen LogP contribution in [0.25, 0.3) is 0 Å². The van der Waals surface area contributed by atoms with Crippen LogP contribution in [0.4, 0.5) is 0 Å². The minimum absolute atomic E-state index is 0. The second-order valence-corrected chi connectivity index (χ2v) is 5.58. The smallest absolute Gasteiger partial charge is 0.222 e. The van der Waals surface area contributed by atoms with Crippen molar-refractivity contribution >= 4 is 29.7 Å². The molecule has 3 nitrogen and oxygen atoms in total. The number of thiophene rings is 1. The molecule has 0 saturated carbocycles. The third-order valence-corrected chi connectivity index (χ3v) is 4.28. The summed E-state index contributed by atoms with van der Waals surface area (Å²) in [7, 11) is 1.98. The highest BCUT2D eigenvalue weighted by Crippen LogP contribution is 2.14. The number of halogens is 1. The lowest BCUT2D eigenvalue weighted by Gasteiger charge is -2.32. The maximum Gasteiger partial charge on any atom is 0.222 e. The van der Waals surface area contributed by atoms with Gasteiger partial charge in [0.25, 0.3) is 0 Å². The third kappa shape index (κ3) is 4.26. The van der Waals surface area contributed by atoms with Gasteiger partial charge in [-0.15, -0.1) is 23.7 Å². The second-order valence-electron chi connectivity index (χ2n) is 4.55. The van der Waals surface area contributed by atoms with Gasteiger partial charge in [-0.3, -0.25) is 4.79 Å². The number of piperidine rings is 1. The zero-order valence-electron chi connectivity index (χ0n) is 10.7. The van der Waals surface area contributed by atoms with Crippen molar-refractivity contribution in [3.05, 3.63) is 22.4 Å². The van der Waals surface area contributed by atoms with Gasteiger partial charge in [-0.25, -0.2) is 0 Å². The predicted octanol–water partition coefficient (Wildman–Crippen LogP) is 2.31. The number of likely N-dealkylation sites (tertiary alicyclic amines) is 1. The van der Waals surface area contributed by atoms with Crippen LogP contribution >= 0.6 is 23.7 Å². The fourth-order valence-electron chi connectivity index (χ4n) is 2.28. The molecule has 0 aromatic carbocycles. The van der Waals surface area contributed by atoms with Crippen molar-refractivity contribution in [2.45, 2.75) is 31.7 Å². The summed E-state index contributed by atoms with van der Waals surface area (Å²) in [6.45, 7) is 1.81. The predicted molar refractivity (Wildman–Crippen MR) is 78.5 cm³/mol. The first-order valence-corrected chi connectivity index (χ1v) is 7.15. The quantitative estimate of drug-likeness (QED) is 0.922. The maximum atomic E-state index is 12.1. The molecule has 1 N–H and O–H groups in total. The van der Waals surface area contributed by atoms with Crippen LogP contribution in [-0.2, 0) is 11.2 Å². The number of aryl methyl sites for hydroxylation is 1. The first-order chi connectivity index (χ1) is 8.29. The van der Waals surface area contributed by atoms with E-state index in [9.17, 15) is 4.79 Å². The molecule has 0 aliphatic carbocycles. The third-order valence-electron chi connectivity index (χ3n) is 3.35. The number of amides is 1. The van der Waals surface area contributed by atoms with Crippen molar-refractivity contribution in [3.8, 4) is 0 Å². The number of likely N-dealkylation sites (N-methyl/N-ethyl adjacent to an activating group) is 1. The van der Waals surface area contributed by atoms with E-state index in [0.29, 0.717) is 18.4 Å². The number of rotatable bonds is 4. The number of nitrogens with zero attached hydrogens (tertiary/aromatic N) is 1. The fourth-order valence-corrected chi connectivity index (χ4v) is 2.99. The van der Waals surface area contributed by atoms with E-state index in [1.165, 1.54) is 11.3 Å². The van der Waals surface area contributed by atoms with Gasteiger partial charge >= 0.3 is 0 Å². The Hall–Kier alpha value is -0.580. The van der Waals surface area contributed by atoms with E-state index in [4.69, 9.17) is 0 Å². The number of hydrogen-bond acceptors (Lipinski definition) is 3. The van der Waals surface area contributed by atoms with Gasteiger partial charge in [-0.2, -0.15) is 0 Å².